The van der Waals surface area contributed by atoms with Gasteiger partial charge >= 0.3 is 0 Å². The number of allylic oxidation sites excluding steroid dienone is 1. The van der Waals surface area contributed by atoms with E-state index < -0.39 is 9.84 Å². The van der Waals surface area contributed by atoms with Gasteiger partial charge in [-0.25, -0.2) is 18.4 Å². The van der Waals surface area contributed by atoms with Crippen LogP contribution in [0, 0.1) is 5.92 Å². The zero-order valence-electron chi connectivity index (χ0n) is 14.3. The summed E-state index contributed by atoms with van der Waals surface area (Å²) >= 11 is 0. The van der Waals surface area contributed by atoms with Crippen molar-refractivity contribution in [3.8, 4) is 0 Å². The van der Waals surface area contributed by atoms with Crippen molar-refractivity contribution in [1.29, 1.82) is 0 Å². The van der Waals surface area contributed by atoms with Crippen LogP contribution in [0.5, 0.6) is 0 Å². The predicted molar refractivity (Wildman–Crippen MR) is 101 cm³/mol. The fraction of sp³-hybridized carbons (Fsp3) is 0.235. The van der Waals surface area contributed by atoms with Gasteiger partial charge in [-0.2, -0.15) is 4.98 Å². The normalized spacial score (nSPS) is 15.7. The van der Waals surface area contributed by atoms with E-state index in [2.05, 4.69) is 20.3 Å². The van der Waals surface area contributed by atoms with Crippen LogP contribution in [0.4, 0.5) is 17.5 Å². The van der Waals surface area contributed by atoms with Crippen molar-refractivity contribution >= 4 is 33.1 Å². The molecule has 0 unspecified atom stereocenters. The fourth-order valence-corrected chi connectivity index (χ4v) is 2.89. The summed E-state index contributed by atoms with van der Waals surface area (Å²) in [6, 6.07) is 7.95. The van der Waals surface area contributed by atoms with Gasteiger partial charge in [0.15, 0.2) is 15.7 Å². The number of hydrogen-bond donors (Lipinski definition) is 3. The van der Waals surface area contributed by atoms with Crippen LogP contribution in [0.3, 0.4) is 0 Å². The Morgan fingerprint density at radius 2 is 1.92 bits per heavy atom. The monoisotopic (exact) mass is 372 g/mol. The number of aromatic nitrogens is 2. The molecule has 0 radical (unpaired) electrons. The number of anilines is 2. The van der Waals surface area contributed by atoms with Crippen LogP contribution in [0.2, 0.25) is 0 Å². The van der Waals surface area contributed by atoms with Crippen molar-refractivity contribution in [2.24, 2.45) is 22.4 Å². The van der Waals surface area contributed by atoms with Crippen LogP contribution >= 0.6 is 0 Å². The number of nitrogens with one attached hydrogen (secondary N) is 1. The summed E-state index contributed by atoms with van der Waals surface area (Å²) in [5.74, 6) is 1.43. The number of nitrogens with two attached hydrogens (primary N) is 2. The number of hydrogen-bond acceptors (Lipinski definition) is 7. The standard InChI is InChI=1S/C17H20N6O2S/c1-26(24,25)13-6-4-12(5-7-13)21-17-20-9-8-16(23-17)22-15(19)10-14(18)11-2-3-11/h4-11H,2-3,18H2,1H3,(H3,19,20,21,22,23). The number of amidine groups is 1. The number of sulfone groups is 1. The Morgan fingerprint density at radius 3 is 2.54 bits per heavy atom. The molecule has 0 atom stereocenters. The molecule has 26 heavy (non-hydrogen) atoms. The second kappa shape index (κ2) is 7.12. The Kier molecular flexibility index (Phi) is 4.90. The van der Waals surface area contributed by atoms with E-state index in [1.165, 1.54) is 12.1 Å². The summed E-state index contributed by atoms with van der Waals surface area (Å²) in [6.45, 7) is 0. The highest BCUT2D eigenvalue weighted by atomic mass is 32.2. The molecular formula is C17H20N6O2S. The molecule has 0 amide bonds. The Balaban J connectivity index is 1.74. The van der Waals surface area contributed by atoms with Gasteiger partial charge in [0.25, 0.3) is 0 Å². The molecule has 8 nitrogen and oxygen atoms in total. The van der Waals surface area contributed by atoms with Crippen LogP contribution in [-0.4, -0.2) is 30.5 Å². The van der Waals surface area contributed by atoms with Gasteiger partial charge < -0.3 is 16.8 Å². The number of benzene rings is 1. The van der Waals surface area contributed by atoms with Crippen molar-refractivity contribution in [3.63, 3.8) is 0 Å². The zero-order valence-corrected chi connectivity index (χ0v) is 15.1. The second-order valence-electron chi connectivity index (χ2n) is 6.12. The summed E-state index contributed by atoms with van der Waals surface area (Å²) in [6.07, 6.45) is 6.57. The minimum absolute atomic E-state index is 0.245. The second-order valence-corrected chi connectivity index (χ2v) is 8.13. The molecule has 0 aliphatic heterocycles. The molecule has 1 saturated carbocycles. The van der Waals surface area contributed by atoms with E-state index in [-0.39, 0.29) is 10.7 Å². The summed E-state index contributed by atoms with van der Waals surface area (Å²) in [7, 11) is -3.23. The minimum atomic E-state index is -3.23. The highest BCUT2D eigenvalue weighted by Crippen LogP contribution is 2.33. The van der Waals surface area contributed by atoms with Crippen molar-refractivity contribution < 1.29 is 8.42 Å². The first-order valence-electron chi connectivity index (χ1n) is 8.03. The van der Waals surface area contributed by atoms with Gasteiger partial charge in [0, 0.05) is 29.9 Å². The van der Waals surface area contributed by atoms with Gasteiger partial charge in [0.2, 0.25) is 5.95 Å². The van der Waals surface area contributed by atoms with Crippen LogP contribution in [0.25, 0.3) is 0 Å². The third-order valence-corrected chi connectivity index (χ3v) is 4.91. The Hall–Kier alpha value is -2.94. The van der Waals surface area contributed by atoms with Gasteiger partial charge in [-0.3, -0.25) is 0 Å². The average molecular weight is 372 g/mol. The van der Waals surface area contributed by atoms with Crippen LogP contribution in [0.15, 0.2) is 58.2 Å². The van der Waals surface area contributed by atoms with E-state index in [0.29, 0.717) is 23.4 Å². The highest BCUT2D eigenvalue weighted by molar-refractivity contribution is 7.90. The summed E-state index contributed by atoms with van der Waals surface area (Å²) in [4.78, 5) is 12.9. The largest absolute Gasteiger partial charge is 0.402 e. The van der Waals surface area contributed by atoms with E-state index in [1.807, 2.05) is 0 Å². The van der Waals surface area contributed by atoms with Crippen molar-refractivity contribution in [3.05, 3.63) is 48.3 Å². The molecular weight excluding hydrogens is 352 g/mol. The highest BCUT2D eigenvalue weighted by Gasteiger charge is 2.23. The van der Waals surface area contributed by atoms with E-state index >= 15 is 0 Å². The summed E-state index contributed by atoms with van der Waals surface area (Å²) in [5, 5.41) is 3.00. The molecule has 0 spiro atoms. The van der Waals surface area contributed by atoms with Gasteiger partial charge in [-0.15, -0.1) is 0 Å². The topological polar surface area (TPSA) is 136 Å². The molecule has 1 aromatic carbocycles. The van der Waals surface area contributed by atoms with Crippen molar-refractivity contribution in [2.75, 3.05) is 11.6 Å². The van der Waals surface area contributed by atoms with E-state index in [4.69, 9.17) is 11.5 Å². The quantitative estimate of drug-likeness (QED) is 0.520. The summed E-state index contributed by atoms with van der Waals surface area (Å²) < 4.78 is 23.0. The lowest BCUT2D eigenvalue weighted by atomic mass is 10.3. The van der Waals surface area contributed by atoms with Gasteiger partial charge in [0.05, 0.1) is 4.90 Å². The average Bonchev–Trinajstić information content (AvgIpc) is 3.39. The fourth-order valence-electron chi connectivity index (χ4n) is 2.26. The molecule has 0 bridgehead atoms. The molecule has 0 saturated heterocycles. The molecule has 3 rings (SSSR count). The van der Waals surface area contributed by atoms with E-state index in [9.17, 15) is 8.42 Å². The van der Waals surface area contributed by atoms with Crippen molar-refractivity contribution in [1.82, 2.24) is 9.97 Å². The lowest BCUT2D eigenvalue weighted by Gasteiger charge is -2.06. The molecule has 9 heteroatoms. The molecule has 136 valence electrons. The first kappa shape index (κ1) is 17.9. The van der Waals surface area contributed by atoms with Crippen LogP contribution < -0.4 is 16.8 Å². The van der Waals surface area contributed by atoms with E-state index in [1.54, 1.807) is 30.5 Å². The smallest absolute Gasteiger partial charge is 0.229 e. The third kappa shape index (κ3) is 4.79. The predicted octanol–water partition coefficient (Wildman–Crippen LogP) is 1.86. The lowest BCUT2D eigenvalue weighted by molar-refractivity contribution is 0.602. The van der Waals surface area contributed by atoms with Gasteiger partial charge in [-0.1, -0.05) is 0 Å². The molecule has 1 aliphatic carbocycles. The Morgan fingerprint density at radius 1 is 1.23 bits per heavy atom. The minimum Gasteiger partial charge on any atom is -0.402 e. The first-order chi connectivity index (χ1) is 12.3. The van der Waals surface area contributed by atoms with Crippen molar-refractivity contribution in [2.45, 2.75) is 17.7 Å². The van der Waals surface area contributed by atoms with Gasteiger partial charge in [-0.05, 0) is 49.1 Å². The molecule has 1 heterocycles. The Labute approximate surface area is 152 Å². The number of nitrogens with zero attached hydrogens (tertiary/aromatic N) is 3. The van der Waals surface area contributed by atoms with E-state index in [0.717, 1.165) is 24.8 Å². The van der Waals surface area contributed by atoms with Crippen LogP contribution in [0.1, 0.15) is 12.8 Å². The molecule has 1 aliphatic rings. The third-order valence-electron chi connectivity index (χ3n) is 3.79. The lowest BCUT2D eigenvalue weighted by Crippen LogP contribution is -2.12. The maximum atomic E-state index is 11.5. The zero-order chi connectivity index (χ0) is 18.7. The number of aliphatic imine (C=N–C) groups is 1. The van der Waals surface area contributed by atoms with Gasteiger partial charge in [0.1, 0.15) is 5.84 Å². The SMILES string of the molecule is CS(=O)(=O)c1ccc(Nc2nccc(N=C(N)C=C(N)C3CC3)n2)cc1. The molecule has 2 aromatic rings. The molecule has 1 aromatic heterocycles. The van der Waals surface area contributed by atoms with Crippen LogP contribution in [-0.2, 0) is 9.84 Å². The summed E-state index contributed by atoms with van der Waals surface area (Å²) in [5.41, 5.74) is 13.2. The molecule has 1 fully saturated rings. The number of rotatable bonds is 6. The maximum absolute atomic E-state index is 11.5. The first-order valence-corrected chi connectivity index (χ1v) is 9.92. The maximum Gasteiger partial charge on any atom is 0.229 e. The molecule has 5 N–H and O–H groups in total. The Bertz CT molecular complexity index is 963.